The highest BCUT2D eigenvalue weighted by atomic mass is 16.5. The maximum Gasteiger partial charge on any atom is 0.259 e. The van der Waals surface area contributed by atoms with E-state index in [4.69, 9.17) is 18.6 Å². The van der Waals surface area contributed by atoms with Crippen molar-refractivity contribution in [2.24, 2.45) is 0 Å². The maximum atomic E-state index is 12.4. The number of furan rings is 1. The van der Waals surface area contributed by atoms with Gasteiger partial charge in [0.05, 0.1) is 26.2 Å². The topological polar surface area (TPSA) is 61.1 Å². The van der Waals surface area contributed by atoms with Crippen molar-refractivity contribution in [3.8, 4) is 11.5 Å². The van der Waals surface area contributed by atoms with Crippen LogP contribution in [0.2, 0.25) is 0 Å². The van der Waals surface area contributed by atoms with E-state index in [0.29, 0.717) is 22.9 Å². The molecular weight excluding hydrogens is 286 g/mol. The second-order valence-corrected chi connectivity index (χ2v) is 4.86. The Morgan fingerprint density at radius 3 is 2.55 bits per heavy atom. The molecule has 2 atom stereocenters. The number of carbonyl (C=O) groups is 1. The third-order valence-corrected chi connectivity index (χ3v) is 3.78. The molecule has 3 rings (SSSR count). The standard InChI is InChI=1S/C16H17NO5/c1-19-10-6-7-12(20-2)11(9-10)17-14(13-5-4-8-22-13)15(21-3)16(17)18/h4-9,14-15H,1-3H3/t14-,15+/m1/s1. The number of ether oxygens (including phenoxy) is 3. The van der Waals surface area contributed by atoms with E-state index in [0.717, 1.165) is 0 Å². The number of nitrogens with zero attached hydrogens (tertiary/aromatic N) is 1. The summed E-state index contributed by atoms with van der Waals surface area (Å²) in [5.74, 6) is 1.75. The van der Waals surface area contributed by atoms with Crippen molar-refractivity contribution in [3.63, 3.8) is 0 Å². The summed E-state index contributed by atoms with van der Waals surface area (Å²) in [6.07, 6.45) is 1.01. The molecule has 1 aromatic heterocycles. The number of benzene rings is 1. The van der Waals surface area contributed by atoms with Crippen LogP contribution in [0.25, 0.3) is 0 Å². The summed E-state index contributed by atoms with van der Waals surface area (Å²) in [6, 6.07) is 8.59. The number of rotatable bonds is 5. The number of β-lactam (4-membered cyclic amide) rings is 1. The monoisotopic (exact) mass is 303 g/mol. The lowest BCUT2D eigenvalue weighted by Crippen LogP contribution is -2.60. The van der Waals surface area contributed by atoms with Gasteiger partial charge in [0.15, 0.2) is 6.10 Å². The highest BCUT2D eigenvalue weighted by Crippen LogP contribution is 2.45. The number of anilines is 1. The van der Waals surface area contributed by atoms with Crippen molar-refractivity contribution in [3.05, 3.63) is 42.4 Å². The summed E-state index contributed by atoms with van der Waals surface area (Å²) in [5.41, 5.74) is 0.626. The average molecular weight is 303 g/mol. The number of methoxy groups -OCH3 is 3. The van der Waals surface area contributed by atoms with Crippen molar-refractivity contribution in [1.82, 2.24) is 0 Å². The molecule has 1 aliphatic heterocycles. The molecule has 1 fully saturated rings. The molecule has 0 N–H and O–H groups in total. The van der Waals surface area contributed by atoms with Gasteiger partial charge in [-0.05, 0) is 24.3 Å². The molecule has 0 saturated carbocycles. The fourth-order valence-electron chi connectivity index (χ4n) is 2.68. The van der Waals surface area contributed by atoms with Crippen molar-refractivity contribution >= 4 is 11.6 Å². The molecule has 1 aliphatic rings. The average Bonchev–Trinajstić information content (AvgIpc) is 3.06. The molecule has 1 saturated heterocycles. The van der Waals surface area contributed by atoms with Crippen LogP contribution in [-0.2, 0) is 9.53 Å². The Bertz CT molecular complexity index is 667. The van der Waals surface area contributed by atoms with E-state index in [1.165, 1.54) is 7.11 Å². The highest BCUT2D eigenvalue weighted by Gasteiger charge is 2.51. The van der Waals surface area contributed by atoms with Gasteiger partial charge in [0, 0.05) is 13.2 Å². The minimum absolute atomic E-state index is 0.143. The van der Waals surface area contributed by atoms with Crippen LogP contribution < -0.4 is 14.4 Å². The molecule has 6 heteroatoms. The molecule has 2 heterocycles. The second-order valence-electron chi connectivity index (χ2n) is 4.86. The van der Waals surface area contributed by atoms with Crippen LogP contribution in [0.1, 0.15) is 11.8 Å². The van der Waals surface area contributed by atoms with E-state index in [1.807, 2.05) is 6.07 Å². The lowest BCUT2D eigenvalue weighted by molar-refractivity contribution is -0.140. The van der Waals surface area contributed by atoms with Gasteiger partial charge in [-0.3, -0.25) is 9.69 Å². The van der Waals surface area contributed by atoms with Gasteiger partial charge in [-0.15, -0.1) is 0 Å². The van der Waals surface area contributed by atoms with Gasteiger partial charge in [0.1, 0.15) is 23.3 Å². The van der Waals surface area contributed by atoms with Crippen LogP contribution in [0.4, 0.5) is 5.69 Å². The largest absolute Gasteiger partial charge is 0.497 e. The van der Waals surface area contributed by atoms with Crippen molar-refractivity contribution in [2.75, 3.05) is 26.2 Å². The minimum atomic E-state index is -0.568. The van der Waals surface area contributed by atoms with E-state index in [1.54, 1.807) is 49.6 Å². The molecule has 0 aliphatic carbocycles. The molecule has 1 aromatic carbocycles. The van der Waals surface area contributed by atoms with E-state index in [-0.39, 0.29) is 11.9 Å². The van der Waals surface area contributed by atoms with Crippen LogP contribution in [0.15, 0.2) is 41.0 Å². The molecule has 0 spiro atoms. The van der Waals surface area contributed by atoms with Gasteiger partial charge in [-0.2, -0.15) is 0 Å². The fourth-order valence-corrected chi connectivity index (χ4v) is 2.68. The smallest absolute Gasteiger partial charge is 0.259 e. The zero-order valence-electron chi connectivity index (χ0n) is 12.6. The van der Waals surface area contributed by atoms with Gasteiger partial charge >= 0.3 is 0 Å². The summed E-state index contributed by atoms with van der Waals surface area (Å²) >= 11 is 0. The van der Waals surface area contributed by atoms with E-state index in [9.17, 15) is 4.79 Å². The Morgan fingerprint density at radius 1 is 1.14 bits per heavy atom. The van der Waals surface area contributed by atoms with Crippen LogP contribution in [-0.4, -0.2) is 33.3 Å². The summed E-state index contributed by atoms with van der Waals surface area (Å²) in [5, 5.41) is 0. The quantitative estimate of drug-likeness (QED) is 0.794. The Hall–Kier alpha value is -2.47. The van der Waals surface area contributed by atoms with Gasteiger partial charge in [0.2, 0.25) is 0 Å². The Balaban J connectivity index is 2.04. The third-order valence-electron chi connectivity index (χ3n) is 3.78. The molecule has 2 aromatic rings. The predicted octanol–water partition coefficient (Wildman–Crippen LogP) is 2.40. The van der Waals surface area contributed by atoms with Crippen molar-refractivity contribution in [1.29, 1.82) is 0 Å². The molecule has 116 valence electrons. The van der Waals surface area contributed by atoms with Gasteiger partial charge in [-0.1, -0.05) is 0 Å². The van der Waals surface area contributed by atoms with E-state index >= 15 is 0 Å². The van der Waals surface area contributed by atoms with Crippen LogP contribution in [0, 0.1) is 0 Å². The summed E-state index contributed by atoms with van der Waals surface area (Å²) in [4.78, 5) is 14.0. The highest BCUT2D eigenvalue weighted by molar-refractivity contribution is 6.06. The molecule has 6 nitrogen and oxygen atoms in total. The first kappa shape index (κ1) is 14.5. The first-order chi connectivity index (χ1) is 10.7. The van der Waals surface area contributed by atoms with Gasteiger partial charge < -0.3 is 18.6 Å². The van der Waals surface area contributed by atoms with Crippen LogP contribution in [0.5, 0.6) is 11.5 Å². The Labute approximate surface area is 128 Å². The predicted molar refractivity (Wildman–Crippen MR) is 79.3 cm³/mol. The minimum Gasteiger partial charge on any atom is -0.497 e. The van der Waals surface area contributed by atoms with Crippen molar-refractivity contribution in [2.45, 2.75) is 12.1 Å². The lowest BCUT2D eigenvalue weighted by Gasteiger charge is -2.45. The number of carbonyl (C=O) groups excluding carboxylic acids is 1. The second kappa shape index (κ2) is 5.73. The Kier molecular flexibility index (Phi) is 3.77. The van der Waals surface area contributed by atoms with E-state index in [2.05, 4.69) is 0 Å². The van der Waals surface area contributed by atoms with Gasteiger partial charge in [0.25, 0.3) is 5.91 Å². The van der Waals surface area contributed by atoms with E-state index < -0.39 is 6.10 Å². The fraction of sp³-hybridized carbons (Fsp3) is 0.312. The third kappa shape index (κ3) is 2.12. The first-order valence-corrected chi connectivity index (χ1v) is 6.82. The molecule has 0 bridgehead atoms. The zero-order valence-corrected chi connectivity index (χ0v) is 12.6. The summed E-state index contributed by atoms with van der Waals surface area (Å²) < 4.78 is 21.4. The normalized spacial score (nSPS) is 20.7. The molecular formula is C16H17NO5. The summed E-state index contributed by atoms with van der Waals surface area (Å²) in [6.45, 7) is 0. The summed E-state index contributed by atoms with van der Waals surface area (Å²) in [7, 11) is 4.65. The van der Waals surface area contributed by atoms with Crippen LogP contribution in [0.3, 0.4) is 0 Å². The number of hydrogen-bond donors (Lipinski definition) is 0. The molecule has 0 radical (unpaired) electrons. The molecule has 0 unspecified atom stereocenters. The van der Waals surface area contributed by atoms with Crippen molar-refractivity contribution < 1.29 is 23.4 Å². The van der Waals surface area contributed by atoms with Crippen LogP contribution >= 0.6 is 0 Å². The lowest BCUT2D eigenvalue weighted by atomic mass is 9.94. The molecule has 1 amide bonds. The number of hydrogen-bond acceptors (Lipinski definition) is 5. The van der Waals surface area contributed by atoms with Gasteiger partial charge in [-0.25, -0.2) is 0 Å². The SMILES string of the molecule is COc1ccc(OC)c(N2C(=O)[C@@H](OC)[C@H]2c2ccco2)c1. The zero-order chi connectivity index (χ0) is 15.7. The number of amides is 1. The molecule has 22 heavy (non-hydrogen) atoms. The Morgan fingerprint density at radius 2 is 1.95 bits per heavy atom. The maximum absolute atomic E-state index is 12.4. The first-order valence-electron chi connectivity index (χ1n) is 6.82.